The average Bonchev–Trinajstić information content (AvgIpc) is 2.80. The van der Waals surface area contributed by atoms with Crippen molar-refractivity contribution in [3.8, 4) is 5.69 Å². The van der Waals surface area contributed by atoms with Gasteiger partial charge < -0.3 is 4.90 Å². The topological polar surface area (TPSA) is 38.1 Å². The van der Waals surface area contributed by atoms with Gasteiger partial charge in [-0.2, -0.15) is 9.78 Å². The van der Waals surface area contributed by atoms with Crippen molar-refractivity contribution in [3.05, 3.63) is 51.9 Å². The molecule has 0 radical (unpaired) electrons. The average molecular weight is 304 g/mol. The van der Waals surface area contributed by atoms with Gasteiger partial charge >= 0.3 is 0 Å². The van der Waals surface area contributed by atoms with Crippen molar-refractivity contribution in [1.82, 2.24) is 9.78 Å². The highest BCUT2D eigenvalue weighted by atomic mass is 35.5. The van der Waals surface area contributed by atoms with Gasteiger partial charge in [-0.05, 0) is 25.0 Å². The fourth-order valence-corrected chi connectivity index (χ4v) is 2.96. The van der Waals surface area contributed by atoms with E-state index in [2.05, 4.69) is 10.00 Å². The molecule has 110 valence electrons. The minimum Gasteiger partial charge on any atom is -0.369 e. The summed E-state index contributed by atoms with van der Waals surface area (Å²) in [5.74, 6) is 0. The van der Waals surface area contributed by atoms with Crippen LogP contribution in [0.2, 0.25) is 5.02 Å². The Morgan fingerprint density at radius 1 is 1.00 bits per heavy atom. The lowest BCUT2D eigenvalue weighted by molar-refractivity contribution is 0.726. The maximum atomic E-state index is 12.5. The van der Waals surface area contributed by atoms with Gasteiger partial charge in [0.1, 0.15) is 5.02 Å². The van der Waals surface area contributed by atoms with Crippen LogP contribution in [0.15, 0.2) is 41.3 Å². The van der Waals surface area contributed by atoms with Gasteiger partial charge in [0.25, 0.3) is 5.56 Å². The summed E-state index contributed by atoms with van der Waals surface area (Å²) in [6.45, 7) is 1.88. The number of para-hydroxylation sites is 1. The zero-order chi connectivity index (χ0) is 14.7. The first kappa shape index (κ1) is 14.1. The van der Waals surface area contributed by atoms with Crippen molar-refractivity contribution in [2.24, 2.45) is 0 Å². The van der Waals surface area contributed by atoms with Crippen LogP contribution in [0, 0.1) is 0 Å². The Bertz CT molecular complexity index is 661. The van der Waals surface area contributed by atoms with Gasteiger partial charge in [-0.1, -0.05) is 42.6 Å². The second-order valence-corrected chi connectivity index (χ2v) is 5.68. The van der Waals surface area contributed by atoms with Crippen molar-refractivity contribution in [2.75, 3.05) is 18.0 Å². The molecule has 2 aromatic rings. The van der Waals surface area contributed by atoms with E-state index in [1.54, 1.807) is 6.20 Å². The Morgan fingerprint density at radius 3 is 2.33 bits per heavy atom. The molecular weight excluding hydrogens is 286 g/mol. The van der Waals surface area contributed by atoms with E-state index in [9.17, 15) is 4.79 Å². The van der Waals surface area contributed by atoms with Gasteiger partial charge in [0, 0.05) is 13.1 Å². The molecule has 3 rings (SSSR count). The van der Waals surface area contributed by atoms with Crippen LogP contribution in [0.3, 0.4) is 0 Å². The van der Waals surface area contributed by atoms with Crippen LogP contribution in [0.5, 0.6) is 0 Å². The van der Waals surface area contributed by atoms with Gasteiger partial charge in [-0.15, -0.1) is 0 Å². The smallest absolute Gasteiger partial charge is 0.292 e. The van der Waals surface area contributed by atoms with E-state index in [1.807, 2.05) is 30.3 Å². The van der Waals surface area contributed by atoms with E-state index in [1.165, 1.54) is 17.5 Å². The Morgan fingerprint density at radius 2 is 1.67 bits per heavy atom. The molecule has 5 heteroatoms. The zero-order valence-electron chi connectivity index (χ0n) is 11.8. The maximum absolute atomic E-state index is 12.5. The molecule has 21 heavy (non-hydrogen) atoms. The van der Waals surface area contributed by atoms with E-state index < -0.39 is 0 Å². The van der Waals surface area contributed by atoms with Gasteiger partial charge in [0.2, 0.25) is 0 Å². The van der Waals surface area contributed by atoms with Gasteiger partial charge in [0.15, 0.2) is 0 Å². The first-order valence-electron chi connectivity index (χ1n) is 7.35. The Hall–Kier alpha value is -1.81. The SMILES string of the molecule is O=c1c(Cl)c(N2CCCCCC2)cnn1-c1ccccc1. The fourth-order valence-electron chi connectivity index (χ4n) is 2.71. The van der Waals surface area contributed by atoms with E-state index in [0.29, 0.717) is 0 Å². The highest BCUT2D eigenvalue weighted by molar-refractivity contribution is 6.33. The van der Waals surface area contributed by atoms with Crippen molar-refractivity contribution in [1.29, 1.82) is 0 Å². The van der Waals surface area contributed by atoms with Crippen LogP contribution in [0.25, 0.3) is 5.69 Å². The molecule has 0 saturated carbocycles. The third kappa shape index (κ3) is 2.95. The minimum atomic E-state index is -0.260. The van der Waals surface area contributed by atoms with Crippen LogP contribution in [-0.4, -0.2) is 22.9 Å². The predicted molar refractivity (Wildman–Crippen MR) is 85.5 cm³/mol. The van der Waals surface area contributed by atoms with E-state index in [-0.39, 0.29) is 10.6 Å². The molecule has 0 atom stereocenters. The van der Waals surface area contributed by atoms with Crippen molar-refractivity contribution < 1.29 is 0 Å². The second kappa shape index (κ2) is 6.31. The van der Waals surface area contributed by atoms with Gasteiger partial charge in [-0.25, -0.2) is 0 Å². The first-order chi connectivity index (χ1) is 10.3. The number of nitrogens with zero attached hydrogens (tertiary/aromatic N) is 3. The molecule has 4 nitrogen and oxygen atoms in total. The highest BCUT2D eigenvalue weighted by Gasteiger charge is 2.17. The summed E-state index contributed by atoms with van der Waals surface area (Å²) in [6, 6.07) is 9.34. The van der Waals surface area contributed by atoms with Crippen LogP contribution >= 0.6 is 11.6 Å². The normalized spacial score (nSPS) is 15.8. The number of benzene rings is 1. The molecule has 0 aliphatic carbocycles. The molecule has 0 unspecified atom stereocenters. The van der Waals surface area contributed by atoms with Crippen LogP contribution in [-0.2, 0) is 0 Å². The molecule has 0 spiro atoms. The molecule has 1 fully saturated rings. The van der Waals surface area contributed by atoms with E-state index >= 15 is 0 Å². The molecule has 2 heterocycles. The Labute approximate surface area is 129 Å². The van der Waals surface area contributed by atoms with Gasteiger partial charge in [-0.3, -0.25) is 4.79 Å². The molecule has 0 N–H and O–H groups in total. The maximum Gasteiger partial charge on any atom is 0.292 e. The highest BCUT2D eigenvalue weighted by Crippen LogP contribution is 2.24. The summed E-state index contributed by atoms with van der Waals surface area (Å²) < 4.78 is 1.35. The van der Waals surface area contributed by atoms with Gasteiger partial charge in [0.05, 0.1) is 17.6 Å². The lowest BCUT2D eigenvalue weighted by atomic mass is 10.2. The summed E-state index contributed by atoms with van der Waals surface area (Å²) in [5, 5.41) is 4.55. The van der Waals surface area contributed by atoms with E-state index in [0.717, 1.165) is 37.3 Å². The summed E-state index contributed by atoms with van der Waals surface area (Å²) in [5.41, 5.74) is 1.23. The zero-order valence-corrected chi connectivity index (χ0v) is 12.6. The predicted octanol–water partition coefficient (Wildman–Crippen LogP) is 3.27. The largest absolute Gasteiger partial charge is 0.369 e. The third-order valence-corrected chi connectivity index (χ3v) is 4.20. The monoisotopic (exact) mass is 303 g/mol. The second-order valence-electron chi connectivity index (χ2n) is 5.30. The summed E-state index contributed by atoms with van der Waals surface area (Å²) >= 11 is 6.32. The van der Waals surface area contributed by atoms with Crippen molar-refractivity contribution >= 4 is 17.3 Å². The molecule has 1 aromatic heterocycles. The molecule has 1 saturated heterocycles. The lowest BCUT2D eigenvalue weighted by Crippen LogP contribution is -2.29. The van der Waals surface area contributed by atoms with Crippen LogP contribution in [0.4, 0.5) is 5.69 Å². The Balaban J connectivity index is 1.98. The quantitative estimate of drug-likeness (QED) is 0.854. The first-order valence-corrected chi connectivity index (χ1v) is 7.73. The molecule has 1 aromatic carbocycles. The van der Waals surface area contributed by atoms with E-state index in [4.69, 9.17) is 11.6 Å². The van der Waals surface area contributed by atoms with Crippen molar-refractivity contribution in [2.45, 2.75) is 25.7 Å². The molecule has 1 aliphatic heterocycles. The molecule has 0 amide bonds. The number of halogens is 1. The minimum absolute atomic E-state index is 0.260. The fraction of sp³-hybridized carbons (Fsp3) is 0.375. The number of anilines is 1. The van der Waals surface area contributed by atoms with Crippen LogP contribution < -0.4 is 10.5 Å². The molecule has 0 bridgehead atoms. The summed E-state index contributed by atoms with van der Waals surface area (Å²) in [6.07, 6.45) is 6.46. The van der Waals surface area contributed by atoms with Crippen molar-refractivity contribution in [3.63, 3.8) is 0 Å². The third-order valence-electron chi connectivity index (χ3n) is 3.85. The summed E-state index contributed by atoms with van der Waals surface area (Å²) in [7, 11) is 0. The number of aromatic nitrogens is 2. The standard InChI is InChI=1S/C16H18ClN3O/c17-15-14(19-10-6-1-2-7-11-19)12-18-20(16(15)21)13-8-4-3-5-9-13/h3-5,8-9,12H,1-2,6-7,10-11H2. The summed E-state index contributed by atoms with van der Waals surface area (Å²) in [4.78, 5) is 14.6. The number of hydrogen-bond donors (Lipinski definition) is 0. The Kier molecular flexibility index (Phi) is 4.25. The van der Waals surface area contributed by atoms with Crippen LogP contribution in [0.1, 0.15) is 25.7 Å². The number of rotatable bonds is 2. The molecule has 1 aliphatic rings. The molecular formula is C16H18ClN3O. The number of hydrogen-bond acceptors (Lipinski definition) is 3. The lowest BCUT2D eigenvalue weighted by Gasteiger charge is -2.23.